The molecule has 0 aliphatic carbocycles. The van der Waals surface area contributed by atoms with Crippen molar-refractivity contribution in [2.75, 3.05) is 18.7 Å². The fraction of sp³-hybridized carbons (Fsp3) is 0.444. The molecule has 0 saturated carbocycles. The Morgan fingerprint density at radius 2 is 2.14 bits per heavy atom. The third-order valence-electron chi connectivity index (χ3n) is 2.30. The first-order valence-electron chi connectivity index (χ1n) is 5.50. The molecule has 11 nitrogen and oxygen atoms in total. The molecule has 0 spiro atoms. The van der Waals surface area contributed by atoms with E-state index in [1.54, 1.807) is 0 Å². The van der Waals surface area contributed by atoms with E-state index in [1.807, 2.05) is 0 Å². The van der Waals surface area contributed by atoms with Crippen molar-refractivity contribution in [3.8, 4) is 0 Å². The number of anilines is 1. The lowest BCUT2D eigenvalue weighted by Crippen LogP contribution is -2.44. The van der Waals surface area contributed by atoms with Crippen molar-refractivity contribution in [2.45, 2.75) is 12.2 Å². The van der Waals surface area contributed by atoms with Crippen molar-refractivity contribution in [1.82, 2.24) is 9.55 Å². The van der Waals surface area contributed by atoms with Crippen molar-refractivity contribution in [1.29, 1.82) is 0 Å². The summed E-state index contributed by atoms with van der Waals surface area (Å²) >= 11 is 0. The zero-order valence-electron chi connectivity index (χ0n) is 10.6. The Balaban J connectivity index is 2.89. The molecule has 2 atom stereocenters. The maximum absolute atomic E-state index is 11.8. The van der Waals surface area contributed by atoms with Crippen LogP contribution in [0.4, 0.5) is 5.82 Å². The normalized spacial score (nSPS) is 14.7. The molecular formula is C9H14N3O8P. The van der Waals surface area contributed by atoms with Crippen LogP contribution in [-0.4, -0.2) is 60.6 Å². The molecule has 21 heavy (non-hydrogen) atoms. The summed E-state index contributed by atoms with van der Waals surface area (Å²) < 4.78 is 15.7. The minimum absolute atomic E-state index is 0.130. The van der Waals surface area contributed by atoms with Gasteiger partial charge in [0.1, 0.15) is 18.3 Å². The first kappa shape index (κ1) is 17.4. The second-order valence-electron chi connectivity index (χ2n) is 3.97. The summed E-state index contributed by atoms with van der Waals surface area (Å²) in [7, 11) is -4.54. The highest BCUT2D eigenvalue weighted by Crippen LogP contribution is 2.34. The van der Waals surface area contributed by atoms with Crippen LogP contribution in [0.1, 0.15) is 4.79 Å². The van der Waals surface area contributed by atoms with Gasteiger partial charge < -0.3 is 30.5 Å². The van der Waals surface area contributed by atoms with Gasteiger partial charge in [0.05, 0.1) is 6.61 Å². The minimum atomic E-state index is -4.54. The Kier molecular flexibility index (Phi) is 5.72. The van der Waals surface area contributed by atoms with E-state index in [2.05, 4.69) is 9.72 Å². The van der Waals surface area contributed by atoms with E-state index in [9.17, 15) is 19.3 Å². The van der Waals surface area contributed by atoms with Crippen LogP contribution in [0.25, 0.3) is 0 Å². The zero-order chi connectivity index (χ0) is 16.2. The predicted molar refractivity (Wildman–Crippen MR) is 68.4 cm³/mol. The third-order valence-corrected chi connectivity index (χ3v) is 2.79. The summed E-state index contributed by atoms with van der Waals surface area (Å²) in [6, 6.07) is 1.14. The predicted octanol–water partition coefficient (Wildman–Crippen LogP) is -2.66. The van der Waals surface area contributed by atoms with Gasteiger partial charge in [0.2, 0.25) is 0 Å². The van der Waals surface area contributed by atoms with Crippen molar-refractivity contribution in [3.63, 3.8) is 0 Å². The van der Waals surface area contributed by atoms with E-state index in [1.165, 1.54) is 0 Å². The quantitative estimate of drug-likeness (QED) is 0.346. The van der Waals surface area contributed by atoms with Gasteiger partial charge >= 0.3 is 13.3 Å². The molecule has 0 amide bonds. The third kappa shape index (κ3) is 5.01. The molecule has 0 bridgehead atoms. The Morgan fingerprint density at radius 1 is 1.52 bits per heavy atom. The fourth-order valence-corrected chi connectivity index (χ4v) is 1.71. The van der Waals surface area contributed by atoms with E-state index >= 15 is 0 Å². The molecule has 0 radical (unpaired) electrons. The topological polar surface area (TPSA) is 185 Å². The van der Waals surface area contributed by atoms with Crippen LogP contribution in [0.3, 0.4) is 0 Å². The molecule has 118 valence electrons. The Hall–Kier alpha value is -1.62. The number of aliphatic hydroxyl groups excluding tert-OH is 2. The van der Waals surface area contributed by atoms with Crippen LogP contribution in [0, 0.1) is 0 Å². The number of aromatic nitrogens is 2. The van der Waals surface area contributed by atoms with Gasteiger partial charge in [0.15, 0.2) is 6.10 Å². The molecular weight excluding hydrogens is 309 g/mol. The van der Waals surface area contributed by atoms with Crippen LogP contribution < -0.4 is 11.4 Å². The first-order chi connectivity index (χ1) is 9.65. The molecule has 0 aliphatic rings. The van der Waals surface area contributed by atoms with E-state index in [-0.39, 0.29) is 5.82 Å². The number of carbonyl (C=O) groups is 1. The molecule has 0 fully saturated rings. The fourth-order valence-electron chi connectivity index (χ4n) is 1.32. The second kappa shape index (κ2) is 6.89. The molecule has 0 unspecified atom stereocenters. The smallest absolute Gasteiger partial charge is 0.356 e. The van der Waals surface area contributed by atoms with Gasteiger partial charge in [-0.15, -0.1) is 0 Å². The van der Waals surface area contributed by atoms with Crippen molar-refractivity contribution >= 4 is 19.3 Å². The Bertz CT molecular complexity index is 611. The van der Waals surface area contributed by atoms with Gasteiger partial charge in [0, 0.05) is 6.20 Å². The standard InChI is InChI=1S/C9H14N3O8P/c10-6-1-2-12(9(16)11-6)8(15)7(14)5(3-13)20-4-21(17,18)19/h1-2,5,7,13-14H,3-4H2,(H2,10,11,16)(H2,17,18,19)/t5-,7+/m0/s1. The molecule has 1 rings (SSSR count). The highest BCUT2D eigenvalue weighted by atomic mass is 31.2. The lowest BCUT2D eigenvalue weighted by atomic mass is 10.2. The van der Waals surface area contributed by atoms with E-state index in [4.69, 9.17) is 20.6 Å². The molecule has 0 saturated heterocycles. The van der Waals surface area contributed by atoms with Crippen molar-refractivity contribution in [2.24, 2.45) is 0 Å². The zero-order valence-corrected chi connectivity index (χ0v) is 11.5. The second-order valence-corrected chi connectivity index (χ2v) is 5.56. The maximum Gasteiger partial charge on any atom is 0.356 e. The number of nitrogens with two attached hydrogens (primary N) is 1. The lowest BCUT2D eigenvalue weighted by molar-refractivity contribution is -0.0431. The van der Waals surface area contributed by atoms with Gasteiger partial charge in [-0.25, -0.2) is 9.36 Å². The summed E-state index contributed by atoms with van der Waals surface area (Å²) in [5, 5.41) is 18.7. The molecule has 12 heteroatoms. The number of nitrogen functional groups attached to an aromatic ring is 1. The van der Waals surface area contributed by atoms with E-state index < -0.39 is 44.4 Å². The van der Waals surface area contributed by atoms with Crippen molar-refractivity contribution < 1.29 is 34.1 Å². The Morgan fingerprint density at radius 3 is 2.62 bits per heavy atom. The van der Waals surface area contributed by atoms with Gasteiger partial charge in [-0.1, -0.05) is 0 Å². The van der Waals surface area contributed by atoms with Gasteiger partial charge in [-0.2, -0.15) is 4.98 Å². The summed E-state index contributed by atoms with van der Waals surface area (Å²) in [4.78, 5) is 43.8. The highest BCUT2D eigenvalue weighted by Gasteiger charge is 2.30. The lowest BCUT2D eigenvalue weighted by Gasteiger charge is -2.20. The summed E-state index contributed by atoms with van der Waals surface area (Å²) in [6.07, 6.45) is -3.77. The number of nitrogens with zero attached hydrogens (tertiary/aromatic N) is 2. The molecule has 1 aromatic heterocycles. The molecule has 0 aliphatic heterocycles. The highest BCUT2D eigenvalue weighted by molar-refractivity contribution is 7.51. The number of carbonyl (C=O) groups excluding carboxylic acids is 1. The van der Waals surface area contributed by atoms with Crippen LogP contribution in [0.15, 0.2) is 17.1 Å². The number of ether oxygens (including phenoxy) is 1. The molecule has 1 aromatic rings. The monoisotopic (exact) mass is 323 g/mol. The van der Waals surface area contributed by atoms with Gasteiger partial charge in [-0.05, 0) is 6.07 Å². The van der Waals surface area contributed by atoms with Gasteiger partial charge in [-0.3, -0.25) is 9.36 Å². The maximum atomic E-state index is 11.8. The number of hydrogen-bond acceptors (Lipinski definition) is 8. The minimum Gasteiger partial charge on any atom is -0.394 e. The average molecular weight is 323 g/mol. The summed E-state index contributed by atoms with van der Waals surface area (Å²) in [6.45, 7) is -0.899. The number of hydrogen-bond donors (Lipinski definition) is 5. The van der Waals surface area contributed by atoms with E-state index in [0.717, 1.165) is 12.3 Å². The molecule has 1 heterocycles. The SMILES string of the molecule is Nc1ccn(C(=O)[C@H](O)[C@H](CO)OCP(=O)(O)O)c(=O)n1. The number of rotatable bonds is 6. The summed E-state index contributed by atoms with van der Waals surface area (Å²) in [5.74, 6) is -1.31. The number of aliphatic hydroxyl groups is 2. The first-order valence-corrected chi connectivity index (χ1v) is 7.30. The van der Waals surface area contributed by atoms with E-state index in [0.29, 0.717) is 4.57 Å². The van der Waals surface area contributed by atoms with Crippen LogP contribution in [0.2, 0.25) is 0 Å². The summed E-state index contributed by atoms with van der Waals surface area (Å²) in [5.41, 5.74) is 4.19. The van der Waals surface area contributed by atoms with Crippen LogP contribution in [-0.2, 0) is 9.30 Å². The Labute approximate surface area is 117 Å². The molecule has 6 N–H and O–H groups in total. The average Bonchev–Trinajstić information content (AvgIpc) is 2.37. The molecule has 0 aromatic carbocycles. The van der Waals surface area contributed by atoms with Crippen LogP contribution in [0.5, 0.6) is 0 Å². The van der Waals surface area contributed by atoms with Gasteiger partial charge in [0.25, 0.3) is 5.91 Å². The largest absolute Gasteiger partial charge is 0.394 e. The van der Waals surface area contributed by atoms with Crippen molar-refractivity contribution in [3.05, 3.63) is 22.7 Å². The van der Waals surface area contributed by atoms with Crippen LogP contribution >= 0.6 is 7.60 Å².